The molecule has 2 aliphatic heterocycles. The lowest BCUT2D eigenvalue weighted by atomic mass is 9.79. The highest BCUT2D eigenvalue weighted by molar-refractivity contribution is 7.17. The lowest BCUT2D eigenvalue weighted by Gasteiger charge is -2.43. The first-order valence-electron chi connectivity index (χ1n) is 17.6. The molecule has 1 aromatic carbocycles. The smallest absolute Gasteiger partial charge is 0.265 e. The zero-order valence-corrected chi connectivity index (χ0v) is 29.9. The Morgan fingerprint density at radius 3 is 2.42 bits per heavy atom. The van der Waals surface area contributed by atoms with Gasteiger partial charge in [0.1, 0.15) is 16.2 Å². The number of likely N-dealkylation sites (tertiary alicyclic amines) is 2. The van der Waals surface area contributed by atoms with Gasteiger partial charge in [-0.2, -0.15) is 0 Å². The largest absolute Gasteiger partial charge is 0.388 e. The van der Waals surface area contributed by atoms with Gasteiger partial charge >= 0.3 is 0 Å². The van der Waals surface area contributed by atoms with Crippen LogP contribution in [0.1, 0.15) is 51.8 Å². The monoisotopic (exact) mass is 716 g/mol. The van der Waals surface area contributed by atoms with Gasteiger partial charge in [0.25, 0.3) is 11.5 Å². The third-order valence-corrected chi connectivity index (χ3v) is 11.7. The first kappa shape index (κ1) is 33.7. The van der Waals surface area contributed by atoms with E-state index in [4.69, 9.17) is 4.98 Å². The topological polar surface area (TPSA) is 131 Å². The van der Waals surface area contributed by atoms with Crippen LogP contribution in [-0.2, 0) is 11.3 Å². The second kappa shape index (κ2) is 13.6. The summed E-state index contributed by atoms with van der Waals surface area (Å²) < 4.78 is 5.11. The Morgan fingerprint density at radius 1 is 0.923 bits per heavy atom. The van der Waals surface area contributed by atoms with Crippen LogP contribution in [0.3, 0.4) is 0 Å². The average Bonchev–Trinajstić information content (AvgIpc) is 3.94. The Morgan fingerprint density at radius 2 is 1.69 bits per heavy atom. The number of fused-ring (bicyclic) bond motifs is 1. The number of benzene rings is 1. The zero-order valence-electron chi connectivity index (χ0n) is 29.1. The minimum atomic E-state index is -1.16. The van der Waals surface area contributed by atoms with Crippen molar-refractivity contribution in [2.45, 2.75) is 51.2 Å². The molecular weight excluding hydrogens is 677 g/mol. The number of nitrogens with zero attached hydrogens (tertiary/aromatic N) is 8. The van der Waals surface area contributed by atoms with Crippen LogP contribution < -0.4 is 5.56 Å². The first-order chi connectivity index (χ1) is 25.2. The third kappa shape index (κ3) is 6.34. The molecule has 2 aliphatic rings. The summed E-state index contributed by atoms with van der Waals surface area (Å²) in [5, 5.41) is 12.9. The summed E-state index contributed by atoms with van der Waals surface area (Å²) in [5.41, 5.74) is 2.67. The van der Waals surface area contributed by atoms with Crippen LogP contribution in [0, 0.1) is 19.8 Å². The Kier molecular flexibility index (Phi) is 8.84. The van der Waals surface area contributed by atoms with Crippen molar-refractivity contribution in [2.24, 2.45) is 5.92 Å². The molecule has 2 saturated heterocycles. The van der Waals surface area contributed by atoms with E-state index in [2.05, 4.69) is 9.97 Å². The second-order valence-corrected chi connectivity index (χ2v) is 15.0. The van der Waals surface area contributed by atoms with Crippen LogP contribution in [0.15, 0.2) is 96.6 Å². The average molecular weight is 717 g/mol. The number of aliphatic hydroxyl groups is 1. The standard InChI is InChI=1S/C39H40N8O4S/c1-26-10-11-29(22-40-26)35-42-27(2)33(52-35)38(50)44-18-12-30(32(23-44)28-8-4-3-5-9-28)36(48)43-20-14-39(51,15-21-43)24-45-25-41-34-31(37(45)49)13-19-47(34)46-16-6-7-17-46/h3-11,13,16-17,19,22,25,30,32,51H,12,14-15,18,20-21,23-24H2,1-2H3/t30-,32+/m1/s1. The first-order valence-corrected chi connectivity index (χ1v) is 18.4. The van der Waals surface area contributed by atoms with Crippen LogP contribution in [0.4, 0.5) is 0 Å². The molecule has 12 nitrogen and oxygen atoms in total. The van der Waals surface area contributed by atoms with Crippen molar-refractivity contribution in [3.63, 3.8) is 0 Å². The summed E-state index contributed by atoms with van der Waals surface area (Å²) in [6, 6.07) is 19.4. The quantitative estimate of drug-likeness (QED) is 0.253. The fourth-order valence-corrected chi connectivity index (χ4v) is 8.61. The lowest BCUT2D eigenvalue weighted by molar-refractivity contribution is -0.142. The van der Waals surface area contributed by atoms with E-state index in [0.717, 1.165) is 21.8 Å². The van der Waals surface area contributed by atoms with E-state index >= 15 is 0 Å². The fourth-order valence-electron chi connectivity index (χ4n) is 7.59. The van der Waals surface area contributed by atoms with Gasteiger partial charge in [-0.05, 0) is 69.0 Å². The van der Waals surface area contributed by atoms with Crippen LogP contribution in [0.5, 0.6) is 0 Å². The highest BCUT2D eigenvalue weighted by Gasteiger charge is 2.42. The number of aryl methyl sites for hydroxylation is 2. The minimum absolute atomic E-state index is 0.0396. The number of rotatable bonds is 7. The summed E-state index contributed by atoms with van der Waals surface area (Å²) in [4.78, 5) is 59.6. The van der Waals surface area contributed by atoms with Gasteiger partial charge < -0.3 is 14.9 Å². The Hall–Kier alpha value is -5.40. The summed E-state index contributed by atoms with van der Waals surface area (Å²) >= 11 is 1.38. The molecule has 7 heterocycles. The SMILES string of the molecule is Cc1ccc(-c2nc(C)c(C(=O)N3CC[C@@H](C(=O)N4CCC(O)(Cn5cnc6c(ccn6-n6cccc6)c5=O)CC4)[C@H](c4ccccc4)C3)s2)cn1. The van der Waals surface area contributed by atoms with Crippen LogP contribution >= 0.6 is 11.3 Å². The number of piperidine rings is 2. The molecule has 0 unspecified atom stereocenters. The van der Waals surface area contributed by atoms with Gasteiger partial charge in [-0.25, -0.2) is 14.6 Å². The van der Waals surface area contributed by atoms with E-state index in [1.165, 1.54) is 22.2 Å². The van der Waals surface area contributed by atoms with Crippen LogP contribution in [-0.4, -0.2) is 87.4 Å². The van der Waals surface area contributed by atoms with Crippen LogP contribution in [0.25, 0.3) is 21.6 Å². The number of hydrogen-bond acceptors (Lipinski definition) is 8. The summed E-state index contributed by atoms with van der Waals surface area (Å²) in [5.74, 6) is -0.525. The van der Waals surface area contributed by atoms with E-state index in [1.807, 2.05) is 95.3 Å². The number of carbonyl (C=O) groups excluding carboxylic acids is 2. The van der Waals surface area contributed by atoms with Crippen molar-refractivity contribution in [3.05, 3.63) is 124 Å². The van der Waals surface area contributed by atoms with Crippen molar-refractivity contribution >= 4 is 34.2 Å². The molecular formula is C39H40N8O4S. The molecule has 0 spiro atoms. The molecule has 266 valence electrons. The van der Waals surface area contributed by atoms with Gasteiger partial charge in [-0.1, -0.05) is 30.3 Å². The third-order valence-electron chi connectivity index (χ3n) is 10.6. The van der Waals surface area contributed by atoms with E-state index < -0.39 is 5.60 Å². The van der Waals surface area contributed by atoms with Crippen molar-refractivity contribution < 1.29 is 14.7 Å². The number of thiazole rings is 1. The Labute approximate surface area is 304 Å². The van der Waals surface area contributed by atoms with Gasteiger partial charge in [0, 0.05) is 74.1 Å². The molecule has 6 aromatic rings. The molecule has 0 aliphatic carbocycles. The summed E-state index contributed by atoms with van der Waals surface area (Å²) in [7, 11) is 0. The van der Waals surface area contributed by atoms with Crippen molar-refractivity contribution in [1.29, 1.82) is 0 Å². The highest BCUT2D eigenvalue weighted by atomic mass is 32.1. The van der Waals surface area contributed by atoms with Gasteiger partial charge in [-0.3, -0.25) is 28.6 Å². The fraction of sp³-hybridized carbons (Fsp3) is 0.333. The van der Waals surface area contributed by atoms with E-state index in [9.17, 15) is 19.5 Å². The molecule has 13 heteroatoms. The molecule has 2 atom stereocenters. The van der Waals surface area contributed by atoms with E-state index in [1.54, 1.807) is 23.1 Å². The summed E-state index contributed by atoms with van der Waals surface area (Å²) in [6.45, 7) is 5.52. The molecule has 52 heavy (non-hydrogen) atoms. The van der Waals surface area contributed by atoms with Gasteiger partial charge in [0.2, 0.25) is 5.91 Å². The number of aromatic nitrogens is 6. The maximum absolute atomic E-state index is 14.2. The van der Waals surface area contributed by atoms with Gasteiger partial charge in [-0.15, -0.1) is 11.3 Å². The molecule has 0 bridgehead atoms. The number of amides is 2. The van der Waals surface area contributed by atoms with Crippen molar-refractivity contribution in [3.8, 4) is 10.6 Å². The number of pyridine rings is 1. The Bertz CT molecular complexity index is 2290. The maximum atomic E-state index is 14.2. The molecule has 2 amide bonds. The zero-order chi connectivity index (χ0) is 36.0. The Balaban J connectivity index is 0.955. The van der Waals surface area contributed by atoms with Crippen molar-refractivity contribution in [2.75, 3.05) is 26.2 Å². The van der Waals surface area contributed by atoms with Gasteiger partial charge in [0.15, 0.2) is 5.65 Å². The normalized spacial score (nSPS) is 18.9. The molecule has 8 rings (SSSR count). The van der Waals surface area contributed by atoms with Gasteiger partial charge in [0.05, 0.1) is 23.2 Å². The predicted octanol–water partition coefficient (Wildman–Crippen LogP) is 4.75. The molecule has 5 aromatic heterocycles. The van der Waals surface area contributed by atoms with E-state index in [-0.39, 0.29) is 35.8 Å². The lowest BCUT2D eigenvalue weighted by Crippen LogP contribution is -2.53. The highest BCUT2D eigenvalue weighted by Crippen LogP contribution is 2.37. The number of carbonyl (C=O) groups is 2. The number of hydrogen-bond donors (Lipinski definition) is 1. The van der Waals surface area contributed by atoms with E-state index in [0.29, 0.717) is 67.0 Å². The second-order valence-electron chi connectivity index (χ2n) is 14.0. The van der Waals surface area contributed by atoms with Crippen molar-refractivity contribution in [1.82, 2.24) is 38.7 Å². The minimum Gasteiger partial charge on any atom is -0.388 e. The summed E-state index contributed by atoms with van der Waals surface area (Å²) in [6.07, 6.45) is 10.0. The molecule has 0 saturated carbocycles. The molecule has 2 fully saturated rings. The maximum Gasteiger partial charge on any atom is 0.265 e. The molecule has 0 radical (unpaired) electrons. The predicted molar refractivity (Wildman–Crippen MR) is 198 cm³/mol. The van der Waals surface area contributed by atoms with Crippen LogP contribution in [0.2, 0.25) is 0 Å². The molecule has 1 N–H and O–H groups in total.